The van der Waals surface area contributed by atoms with Crippen LogP contribution in [0.25, 0.3) is 0 Å². The molecule has 1 heterocycles. The van der Waals surface area contributed by atoms with Crippen LogP contribution in [0.15, 0.2) is 6.33 Å². The first-order chi connectivity index (χ1) is 8.13. The third-order valence-electron chi connectivity index (χ3n) is 2.21. The molecule has 1 aromatic rings. The van der Waals surface area contributed by atoms with Crippen molar-refractivity contribution >= 4 is 11.9 Å². The number of nitrogens with one attached hydrogen (secondary N) is 1. The summed E-state index contributed by atoms with van der Waals surface area (Å²) >= 11 is 0. The van der Waals surface area contributed by atoms with E-state index in [9.17, 15) is 9.59 Å². The number of carboxylic acids is 1. The van der Waals surface area contributed by atoms with Crippen LogP contribution in [0.4, 0.5) is 0 Å². The van der Waals surface area contributed by atoms with Gasteiger partial charge in [-0.2, -0.15) is 5.10 Å². The SMILES string of the molecule is CCCN(CC(=O)O)C(=O)CCc1ncn[nH]1. The molecule has 1 aromatic heterocycles. The molecule has 0 aromatic carbocycles. The lowest BCUT2D eigenvalue weighted by Crippen LogP contribution is -2.36. The standard InChI is InChI=1S/C10H16N4O3/c1-2-5-14(6-10(16)17)9(15)4-3-8-11-7-12-13-8/h7H,2-6H2,1H3,(H,16,17)(H,11,12,13). The fraction of sp³-hybridized carbons (Fsp3) is 0.600. The highest BCUT2D eigenvalue weighted by Gasteiger charge is 2.15. The number of carboxylic acid groups (broad SMARTS) is 1. The van der Waals surface area contributed by atoms with Crippen molar-refractivity contribution in [2.45, 2.75) is 26.2 Å². The molecule has 0 saturated carbocycles. The van der Waals surface area contributed by atoms with E-state index in [2.05, 4.69) is 15.2 Å². The topological polar surface area (TPSA) is 99.2 Å². The maximum atomic E-state index is 11.8. The van der Waals surface area contributed by atoms with Crippen LogP contribution in [-0.2, 0) is 16.0 Å². The molecule has 0 aliphatic rings. The first-order valence-corrected chi connectivity index (χ1v) is 5.47. The van der Waals surface area contributed by atoms with Gasteiger partial charge in [-0.05, 0) is 6.42 Å². The molecule has 1 rings (SSSR count). The average Bonchev–Trinajstić information content (AvgIpc) is 2.77. The molecule has 0 radical (unpaired) electrons. The van der Waals surface area contributed by atoms with Crippen molar-refractivity contribution in [2.24, 2.45) is 0 Å². The van der Waals surface area contributed by atoms with Crippen LogP contribution < -0.4 is 0 Å². The molecular weight excluding hydrogens is 224 g/mol. The predicted molar refractivity (Wildman–Crippen MR) is 59.2 cm³/mol. The molecule has 0 aliphatic heterocycles. The number of nitrogens with zero attached hydrogens (tertiary/aromatic N) is 3. The molecular formula is C10H16N4O3. The maximum absolute atomic E-state index is 11.8. The minimum atomic E-state index is -0.994. The number of aryl methyl sites for hydroxylation is 1. The largest absolute Gasteiger partial charge is 0.480 e. The Kier molecular flexibility index (Phi) is 5.12. The van der Waals surface area contributed by atoms with Gasteiger partial charge in [0.1, 0.15) is 18.7 Å². The molecule has 17 heavy (non-hydrogen) atoms. The van der Waals surface area contributed by atoms with Crippen molar-refractivity contribution in [1.29, 1.82) is 0 Å². The zero-order valence-electron chi connectivity index (χ0n) is 9.72. The molecule has 0 bridgehead atoms. The normalized spacial score (nSPS) is 10.2. The molecule has 94 valence electrons. The van der Waals surface area contributed by atoms with Gasteiger partial charge in [-0.3, -0.25) is 14.7 Å². The summed E-state index contributed by atoms with van der Waals surface area (Å²) in [5, 5.41) is 15.0. The Morgan fingerprint density at radius 1 is 1.53 bits per heavy atom. The number of carbonyl (C=O) groups is 2. The van der Waals surface area contributed by atoms with Crippen molar-refractivity contribution in [3.05, 3.63) is 12.2 Å². The second-order valence-corrected chi connectivity index (χ2v) is 3.64. The molecule has 0 aliphatic carbocycles. The lowest BCUT2D eigenvalue weighted by Gasteiger charge is -2.19. The van der Waals surface area contributed by atoms with E-state index in [1.165, 1.54) is 11.2 Å². The number of aliphatic carboxylic acids is 1. The fourth-order valence-electron chi connectivity index (χ4n) is 1.46. The summed E-state index contributed by atoms with van der Waals surface area (Å²) in [6, 6.07) is 0. The van der Waals surface area contributed by atoms with Crippen molar-refractivity contribution in [2.75, 3.05) is 13.1 Å². The summed E-state index contributed by atoms with van der Waals surface area (Å²) in [7, 11) is 0. The fourth-order valence-corrected chi connectivity index (χ4v) is 1.46. The Bertz CT molecular complexity index is 364. The Labute approximate surface area is 98.8 Å². The summed E-state index contributed by atoms with van der Waals surface area (Å²) in [5.74, 6) is -0.540. The van der Waals surface area contributed by atoms with Gasteiger partial charge >= 0.3 is 5.97 Å². The molecule has 7 nitrogen and oxygen atoms in total. The van der Waals surface area contributed by atoms with Gasteiger partial charge in [0, 0.05) is 19.4 Å². The molecule has 0 unspecified atom stereocenters. The van der Waals surface area contributed by atoms with Gasteiger partial charge in [-0.25, -0.2) is 4.98 Å². The third kappa shape index (κ3) is 4.62. The Hall–Kier alpha value is -1.92. The maximum Gasteiger partial charge on any atom is 0.323 e. The van der Waals surface area contributed by atoms with Gasteiger partial charge in [0.05, 0.1) is 0 Å². The molecule has 1 amide bonds. The number of amides is 1. The van der Waals surface area contributed by atoms with E-state index in [0.717, 1.165) is 6.42 Å². The minimum absolute atomic E-state index is 0.175. The number of hydrogen-bond acceptors (Lipinski definition) is 4. The third-order valence-corrected chi connectivity index (χ3v) is 2.21. The number of hydrogen-bond donors (Lipinski definition) is 2. The monoisotopic (exact) mass is 240 g/mol. The van der Waals surface area contributed by atoms with Crippen molar-refractivity contribution in [3.8, 4) is 0 Å². The minimum Gasteiger partial charge on any atom is -0.480 e. The van der Waals surface area contributed by atoms with Gasteiger partial charge in [0.2, 0.25) is 5.91 Å². The van der Waals surface area contributed by atoms with E-state index < -0.39 is 5.97 Å². The quantitative estimate of drug-likeness (QED) is 0.702. The Morgan fingerprint density at radius 3 is 2.82 bits per heavy atom. The lowest BCUT2D eigenvalue weighted by atomic mass is 10.2. The smallest absolute Gasteiger partial charge is 0.323 e. The first-order valence-electron chi connectivity index (χ1n) is 5.47. The zero-order chi connectivity index (χ0) is 12.7. The van der Waals surface area contributed by atoms with Crippen LogP contribution in [0.1, 0.15) is 25.6 Å². The van der Waals surface area contributed by atoms with E-state index >= 15 is 0 Å². The second kappa shape index (κ2) is 6.62. The summed E-state index contributed by atoms with van der Waals surface area (Å²) in [5.41, 5.74) is 0. The van der Waals surface area contributed by atoms with Crippen LogP contribution in [-0.4, -0.2) is 50.2 Å². The van der Waals surface area contributed by atoms with Crippen LogP contribution in [0.3, 0.4) is 0 Å². The summed E-state index contributed by atoms with van der Waals surface area (Å²) in [4.78, 5) is 27.6. The van der Waals surface area contributed by atoms with Crippen LogP contribution in [0.2, 0.25) is 0 Å². The van der Waals surface area contributed by atoms with Crippen LogP contribution in [0, 0.1) is 0 Å². The van der Waals surface area contributed by atoms with E-state index in [1.54, 1.807) is 0 Å². The van der Waals surface area contributed by atoms with Crippen molar-refractivity contribution < 1.29 is 14.7 Å². The second-order valence-electron chi connectivity index (χ2n) is 3.64. The van der Waals surface area contributed by atoms with Crippen molar-refractivity contribution in [3.63, 3.8) is 0 Å². The van der Waals surface area contributed by atoms with Crippen LogP contribution >= 0.6 is 0 Å². The number of H-pyrrole nitrogens is 1. The van der Waals surface area contributed by atoms with E-state index in [4.69, 9.17) is 5.11 Å². The highest BCUT2D eigenvalue weighted by molar-refractivity contribution is 5.81. The number of rotatable bonds is 7. The molecule has 0 fully saturated rings. The number of aromatic nitrogens is 3. The highest BCUT2D eigenvalue weighted by atomic mass is 16.4. The molecule has 0 saturated heterocycles. The Morgan fingerprint density at radius 2 is 2.29 bits per heavy atom. The predicted octanol–water partition coefficient (Wildman–Crippen LogP) is 0.0605. The van der Waals surface area contributed by atoms with Crippen LogP contribution in [0.5, 0.6) is 0 Å². The summed E-state index contributed by atoms with van der Waals surface area (Å²) < 4.78 is 0. The lowest BCUT2D eigenvalue weighted by molar-refractivity contribution is -0.144. The molecule has 0 spiro atoms. The van der Waals surface area contributed by atoms with Crippen molar-refractivity contribution in [1.82, 2.24) is 20.1 Å². The Balaban J connectivity index is 2.44. The highest BCUT2D eigenvalue weighted by Crippen LogP contribution is 2.00. The van der Waals surface area contributed by atoms with Gasteiger partial charge < -0.3 is 10.0 Å². The molecule has 0 atom stereocenters. The number of aromatic amines is 1. The van der Waals surface area contributed by atoms with Gasteiger partial charge in [-0.15, -0.1) is 0 Å². The number of carbonyl (C=O) groups excluding carboxylic acids is 1. The summed E-state index contributed by atoms with van der Waals surface area (Å²) in [6.07, 6.45) is 2.79. The summed E-state index contributed by atoms with van der Waals surface area (Å²) in [6.45, 7) is 2.11. The van der Waals surface area contributed by atoms with Gasteiger partial charge in [-0.1, -0.05) is 6.92 Å². The molecule has 2 N–H and O–H groups in total. The van der Waals surface area contributed by atoms with E-state index in [-0.39, 0.29) is 18.9 Å². The van der Waals surface area contributed by atoms with Gasteiger partial charge in [0.15, 0.2) is 0 Å². The van der Waals surface area contributed by atoms with Gasteiger partial charge in [0.25, 0.3) is 0 Å². The molecule has 7 heteroatoms. The van der Waals surface area contributed by atoms with E-state index in [1.807, 2.05) is 6.92 Å². The first kappa shape index (κ1) is 13.1. The van der Waals surface area contributed by atoms with E-state index in [0.29, 0.717) is 18.8 Å². The average molecular weight is 240 g/mol. The zero-order valence-corrected chi connectivity index (χ0v) is 9.72.